The third-order valence-electron chi connectivity index (χ3n) is 4.80. The molecule has 1 amide bonds. The molecule has 3 atom stereocenters. The third-order valence-corrected chi connectivity index (χ3v) is 5.28. The van der Waals surface area contributed by atoms with Crippen molar-refractivity contribution in [3.8, 4) is 5.82 Å². The van der Waals surface area contributed by atoms with Crippen molar-refractivity contribution >= 4 is 29.1 Å². The van der Waals surface area contributed by atoms with Gasteiger partial charge in [0.15, 0.2) is 11.0 Å². The number of carbonyl (C=O) groups excluding carboxylic acids is 1. The third kappa shape index (κ3) is 2.90. The Morgan fingerprint density at radius 1 is 1.29 bits per heavy atom. The molecule has 4 heterocycles. The highest BCUT2D eigenvalue weighted by Crippen LogP contribution is 2.28. The van der Waals surface area contributed by atoms with E-state index in [1.807, 2.05) is 0 Å². The summed E-state index contributed by atoms with van der Waals surface area (Å²) < 4.78 is 1.41. The number of hydrogen-bond acceptors (Lipinski definition) is 4. The van der Waals surface area contributed by atoms with E-state index < -0.39 is 0 Å². The Bertz CT molecular complexity index is 778. The summed E-state index contributed by atoms with van der Waals surface area (Å²) in [6.45, 7) is 3.23. The lowest BCUT2D eigenvalue weighted by Gasteiger charge is -2.30. The zero-order chi connectivity index (χ0) is 16.7. The van der Waals surface area contributed by atoms with Gasteiger partial charge in [0.1, 0.15) is 5.69 Å². The molecule has 2 aromatic rings. The van der Waals surface area contributed by atoms with Crippen LogP contribution in [0.3, 0.4) is 0 Å². The van der Waals surface area contributed by atoms with Gasteiger partial charge in [0.25, 0.3) is 5.91 Å². The molecule has 6 nitrogen and oxygen atoms in total. The molecule has 1 N–H and O–H groups in total. The van der Waals surface area contributed by atoms with Crippen molar-refractivity contribution in [3.05, 3.63) is 40.3 Å². The molecule has 0 saturated carbocycles. The molecule has 2 saturated heterocycles. The Morgan fingerprint density at radius 2 is 2.12 bits per heavy atom. The molecule has 2 fully saturated rings. The number of piperidine rings is 1. The van der Waals surface area contributed by atoms with Gasteiger partial charge in [-0.3, -0.25) is 4.79 Å². The van der Waals surface area contributed by atoms with Crippen LogP contribution in [0.4, 0.5) is 0 Å². The van der Waals surface area contributed by atoms with Crippen LogP contribution in [0, 0.1) is 5.92 Å². The molecule has 8 heteroatoms. The molecule has 2 aromatic heterocycles. The molecule has 126 valence electrons. The second-order valence-corrected chi connectivity index (χ2v) is 7.09. The number of carbonyl (C=O) groups is 1. The Kier molecular flexibility index (Phi) is 4.20. The average molecular weight is 366 g/mol. The number of fused-ring (bicyclic) bond motifs is 2. The van der Waals surface area contributed by atoms with E-state index in [2.05, 4.69) is 20.3 Å². The summed E-state index contributed by atoms with van der Waals surface area (Å²) in [5, 5.41) is 7.97. The minimum Gasteiger partial charge on any atom is -0.348 e. The van der Waals surface area contributed by atoms with Crippen LogP contribution < -0.4 is 5.32 Å². The van der Waals surface area contributed by atoms with Gasteiger partial charge in [-0.15, -0.1) is 0 Å². The summed E-state index contributed by atoms with van der Waals surface area (Å²) in [7, 11) is 0. The zero-order valence-electron chi connectivity index (χ0n) is 13.0. The molecular weight excluding hydrogens is 349 g/mol. The maximum Gasteiger partial charge on any atom is 0.270 e. The monoisotopic (exact) mass is 365 g/mol. The first-order valence-corrected chi connectivity index (χ1v) is 8.77. The minimum atomic E-state index is -0.193. The number of nitrogens with one attached hydrogen (secondary N) is 1. The van der Waals surface area contributed by atoms with Crippen LogP contribution in [0.25, 0.3) is 5.82 Å². The van der Waals surface area contributed by atoms with Crippen molar-refractivity contribution in [2.75, 3.05) is 19.6 Å². The standard InChI is InChI=1S/C16H17Cl2N5O/c17-11-2-1-5-19-15(11)23-13(8-14(18)21-23)16(24)20-12-4-7-22-6-3-10(12)9-22/h1-2,5,8,10,12H,3-4,6-7,9H2,(H,20,24). The fourth-order valence-corrected chi connectivity index (χ4v) is 3.97. The van der Waals surface area contributed by atoms with E-state index in [9.17, 15) is 4.79 Å². The molecule has 3 unspecified atom stereocenters. The Hall–Kier alpha value is -1.63. The lowest BCUT2D eigenvalue weighted by Crippen LogP contribution is -2.46. The Labute approximate surface area is 149 Å². The zero-order valence-corrected chi connectivity index (χ0v) is 14.5. The number of amides is 1. The first kappa shape index (κ1) is 15.9. The molecule has 2 bridgehead atoms. The first-order chi connectivity index (χ1) is 11.6. The molecule has 0 aromatic carbocycles. The van der Waals surface area contributed by atoms with Gasteiger partial charge in [-0.25, -0.2) is 9.67 Å². The quantitative estimate of drug-likeness (QED) is 0.906. The van der Waals surface area contributed by atoms with Gasteiger partial charge in [0, 0.05) is 31.4 Å². The van der Waals surface area contributed by atoms with Gasteiger partial charge >= 0.3 is 0 Å². The van der Waals surface area contributed by atoms with Gasteiger partial charge in [0.2, 0.25) is 0 Å². The summed E-state index contributed by atoms with van der Waals surface area (Å²) in [6.07, 6.45) is 3.71. The highest BCUT2D eigenvalue weighted by atomic mass is 35.5. The van der Waals surface area contributed by atoms with E-state index >= 15 is 0 Å². The summed E-state index contributed by atoms with van der Waals surface area (Å²) in [4.78, 5) is 19.5. The van der Waals surface area contributed by atoms with E-state index in [1.54, 1.807) is 24.4 Å². The topological polar surface area (TPSA) is 63.1 Å². The van der Waals surface area contributed by atoms with Crippen LogP contribution in [0.2, 0.25) is 10.2 Å². The SMILES string of the molecule is O=C(NC1CCN2CCC1C2)c1cc(Cl)nn1-c1ncccc1Cl. The van der Waals surface area contributed by atoms with Crippen molar-refractivity contribution in [3.63, 3.8) is 0 Å². The molecule has 4 rings (SSSR count). The molecule has 0 aliphatic carbocycles. The fraction of sp³-hybridized carbons (Fsp3) is 0.438. The van der Waals surface area contributed by atoms with Gasteiger partial charge in [-0.05, 0) is 37.4 Å². The largest absolute Gasteiger partial charge is 0.348 e. The van der Waals surface area contributed by atoms with E-state index in [-0.39, 0.29) is 17.1 Å². The number of aromatic nitrogens is 3. The first-order valence-electron chi connectivity index (χ1n) is 8.01. The molecular formula is C16H17Cl2N5O. The minimum absolute atomic E-state index is 0.192. The molecule has 2 aliphatic rings. The lowest BCUT2D eigenvalue weighted by atomic mass is 9.94. The number of hydrogen-bond donors (Lipinski definition) is 1. The highest BCUT2D eigenvalue weighted by Gasteiger charge is 2.35. The maximum atomic E-state index is 12.8. The van der Waals surface area contributed by atoms with E-state index in [4.69, 9.17) is 23.2 Å². The van der Waals surface area contributed by atoms with Crippen molar-refractivity contribution in [2.45, 2.75) is 18.9 Å². The Morgan fingerprint density at radius 3 is 2.96 bits per heavy atom. The number of halogens is 2. The number of pyridine rings is 1. The van der Waals surface area contributed by atoms with Crippen molar-refractivity contribution in [1.82, 2.24) is 25.0 Å². The van der Waals surface area contributed by atoms with Crippen LogP contribution in [0.15, 0.2) is 24.4 Å². The number of nitrogens with zero attached hydrogens (tertiary/aromatic N) is 4. The predicted molar refractivity (Wildman–Crippen MR) is 91.8 cm³/mol. The smallest absolute Gasteiger partial charge is 0.270 e. The van der Waals surface area contributed by atoms with E-state index in [1.165, 1.54) is 4.68 Å². The molecule has 0 radical (unpaired) electrons. The summed E-state index contributed by atoms with van der Waals surface area (Å²) in [5.74, 6) is 0.723. The molecule has 0 spiro atoms. The van der Waals surface area contributed by atoms with Crippen LogP contribution in [0.1, 0.15) is 23.3 Å². The van der Waals surface area contributed by atoms with E-state index in [0.717, 1.165) is 32.5 Å². The normalized spacial score (nSPS) is 25.7. The van der Waals surface area contributed by atoms with Gasteiger partial charge in [-0.1, -0.05) is 23.2 Å². The Balaban J connectivity index is 1.60. The van der Waals surface area contributed by atoms with E-state index in [0.29, 0.717) is 22.5 Å². The average Bonchev–Trinajstić information content (AvgIpc) is 3.14. The second kappa shape index (κ2) is 6.35. The summed E-state index contributed by atoms with van der Waals surface area (Å²) in [5.41, 5.74) is 0.348. The maximum absolute atomic E-state index is 12.8. The molecule has 2 aliphatic heterocycles. The van der Waals surface area contributed by atoms with Gasteiger partial charge in [-0.2, -0.15) is 5.10 Å². The van der Waals surface area contributed by atoms with Crippen LogP contribution >= 0.6 is 23.2 Å². The van der Waals surface area contributed by atoms with Crippen LogP contribution in [-0.4, -0.2) is 51.2 Å². The fourth-order valence-electron chi connectivity index (χ4n) is 3.59. The van der Waals surface area contributed by atoms with Crippen molar-refractivity contribution in [1.29, 1.82) is 0 Å². The number of rotatable bonds is 3. The van der Waals surface area contributed by atoms with Gasteiger partial charge < -0.3 is 10.2 Å². The van der Waals surface area contributed by atoms with Crippen molar-refractivity contribution in [2.24, 2.45) is 5.92 Å². The predicted octanol–water partition coefficient (Wildman–Crippen LogP) is 2.40. The highest BCUT2D eigenvalue weighted by molar-refractivity contribution is 6.32. The van der Waals surface area contributed by atoms with Crippen LogP contribution in [-0.2, 0) is 0 Å². The van der Waals surface area contributed by atoms with Crippen LogP contribution in [0.5, 0.6) is 0 Å². The molecule has 24 heavy (non-hydrogen) atoms. The lowest BCUT2D eigenvalue weighted by molar-refractivity contribution is 0.0896. The summed E-state index contributed by atoms with van der Waals surface area (Å²) >= 11 is 12.2. The van der Waals surface area contributed by atoms with Gasteiger partial charge in [0.05, 0.1) is 5.02 Å². The summed E-state index contributed by atoms with van der Waals surface area (Å²) in [6, 6.07) is 5.17. The second-order valence-electron chi connectivity index (χ2n) is 6.29. The van der Waals surface area contributed by atoms with Crippen molar-refractivity contribution < 1.29 is 4.79 Å².